The van der Waals surface area contributed by atoms with Gasteiger partial charge in [0, 0.05) is 19.6 Å². The molecule has 0 aromatic heterocycles. The molecule has 76 valence electrons. The summed E-state index contributed by atoms with van der Waals surface area (Å²) < 4.78 is 0. The van der Waals surface area contributed by atoms with Crippen molar-refractivity contribution in [1.82, 2.24) is 4.90 Å². The van der Waals surface area contributed by atoms with E-state index in [1.165, 1.54) is 32.1 Å². The average molecular weight is 183 g/mol. The molecule has 1 heterocycles. The van der Waals surface area contributed by atoms with Crippen LogP contribution in [0, 0.1) is 0 Å². The third-order valence-corrected chi connectivity index (χ3v) is 2.87. The molecule has 3 heteroatoms. The maximum Gasteiger partial charge on any atom is 0.191 e. The third kappa shape index (κ3) is 2.61. The van der Waals surface area contributed by atoms with Crippen LogP contribution in [0.1, 0.15) is 39.0 Å². The Morgan fingerprint density at radius 2 is 2.23 bits per heavy atom. The second kappa shape index (κ2) is 5.10. The number of guanidine groups is 1. The SMILES string of the molecule is CCC1CCCCCN1C(N)=NC. The van der Waals surface area contributed by atoms with Gasteiger partial charge in [0.2, 0.25) is 0 Å². The molecule has 0 saturated carbocycles. The first-order valence-electron chi connectivity index (χ1n) is 5.28. The summed E-state index contributed by atoms with van der Waals surface area (Å²) in [5.41, 5.74) is 5.86. The summed E-state index contributed by atoms with van der Waals surface area (Å²) in [6, 6.07) is 0.617. The van der Waals surface area contributed by atoms with E-state index in [0.29, 0.717) is 12.0 Å². The predicted octanol–water partition coefficient (Wildman–Crippen LogP) is 1.59. The summed E-state index contributed by atoms with van der Waals surface area (Å²) in [7, 11) is 1.77. The number of likely N-dealkylation sites (tertiary alicyclic amines) is 1. The van der Waals surface area contributed by atoms with Crippen LogP contribution in [0.15, 0.2) is 4.99 Å². The molecule has 0 aromatic rings. The largest absolute Gasteiger partial charge is 0.370 e. The quantitative estimate of drug-likeness (QED) is 0.495. The first-order chi connectivity index (χ1) is 6.29. The molecular weight excluding hydrogens is 162 g/mol. The van der Waals surface area contributed by atoms with Gasteiger partial charge >= 0.3 is 0 Å². The van der Waals surface area contributed by atoms with Crippen molar-refractivity contribution >= 4 is 5.96 Å². The summed E-state index contributed by atoms with van der Waals surface area (Å²) >= 11 is 0. The summed E-state index contributed by atoms with van der Waals surface area (Å²) in [5.74, 6) is 0.716. The standard InChI is InChI=1S/C10H21N3/c1-3-9-7-5-4-6-8-13(9)10(11)12-2/h9H,3-8H2,1-2H3,(H2,11,12). The van der Waals surface area contributed by atoms with Crippen LogP contribution in [0.2, 0.25) is 0 Å². The topological polar surface area (TPSA) is 41.6 Å². The number of hydrogen-bond acceptors (Lipinski definition) is 1. The van der Waals surface area contributed by atoms with Gasteiger partial charge in [-0.1, -0.05) is 19.8 Å². The first-order valence-corrected chi connectivity index (χ1v) is 5.28. The Morgan fingerprint density at radius 1 is 1.46 bits per heavy atom. The fourth-order valence-electron chi connectivity index (χ4n) is 2.03. The van der Waals surface area contributed by atoms with Gasteiger partial charge < -0.3 is 10.6 Å². The summed E-state index contributed by atoms with van der Waals surface area (Å²) in [6.07, 6.45) is 6.38. The molecular formula is C10H21N3. The van der Waals surface area contributed by atoms with E-state index in [1.807, 2.05) is 0 Å². The molecule has 1 aliphatic rings. The molecule has 0 aliphatic carbocycles. The number of rotatable bonds is 1. The van der Waals surface area contributed by atoms with Gasteiger partial charge in [0.1, 0.15) is 0 Å². The highest BCUT2D eigenvalue weighted by atomic mass is 15.3. The van der Waals surface area contributed by atoms with E-state index in [0.717, 1.165) is 6.54 Å². The molecule has 13 heavy (non-hydrogen) atoms. The fourth-order valence-corrected chi connectivity index (χ4v) is 2.03. The van der Waals surface area contributed by atoms with Gasteiger partial charge in [-0.2, -0.15) is 0 Å². The predicted molar refractivity (Wildman–Crippen MR) is 56.8 cm³/mol. The summed E-state index contributed by atoms with van der Waals surface area (Å²) in [4.78, 5) is 6.34. The highest BCUT2D eigenvalue weighted by Crippen LogP contribution is 2.18. The van der Waals surface area contributed by atoms with Crippen LogP contribution in [0.4, 0.5) is 0 Å². The Balaban J connectivity index is 2.64. The smallest absolute Gasteiger partial charge is 0.191 e. The van der Waals surface area contributed by atoms with Crippen molar-refractivity contribution in [3.63, 3.8) is 0 Å². The third-order valence-electron chi connectivity index (χ3n) is 2.87. The van der Waals surface area contributed by atoms with Crippen molar-refractivity contribution in [2.75, 3.05) is 13.6 Å². The van der Waals surface area contributed by atoms with Crippen LogP contribution < -0.4 is 5.73 Å². The van der Waals surface area contributed by atoms with Crippen molar-refractivity contribution in [3.8, 4) is 0 Å². The Labute approximate surface area is 81.0 Å². The zero-order valence-corrected chi connectivity index (χ0v) is 8.79. The van der Waals surface area contributed by atoms with Crippen LogP contribution in [-0.2, 0) is 0 Å². The fraction of sp³-hybridized carbons (Fsp3) is 0.900. The van der Waals surface area contributed by atoms with Crippen LogP contribution in [0.25, 0.3) is 0 Å². The van der Waals surface area contributed by atoms with Gasteiger partial charge in [-0.05, 0) is 19.3 Å². The van der Waals surface area contributed by atoms with Crippen molar-refractivity contribution in [2.45, 2.75) is 45.1 Å². The maximum absolute atomic E-state index is 5.86. The lowest BCUT2D eigenvalue weighted by molar-refractivity contribution is 0.303. The minimum absolute atomic E-state index is 0.617. The van der Waals surface area contributed by atoms with Gasteiger partial charge in [-0.3, -0.25) is 4.99 Å². The molecule has 0 radical (unpaired) electrons. The van der Waals surface area contributed by atoms with E-state index in [2.05, 4.69) is 16.8 Å². The Kier molecular flexibility index (Phi) is 4.06. The van der Waals surface area contributed by atoms with Crippen molar-refractivity contribution < 1.29 is 0 Å². The van der Waals surface area contributed by atoms with E-state index in [4.69, 9.17) is 5.73 Å². The molecule has 1 saturated heterocycles. The zero-order valence-electron chi connectivity index (χ0n) is 8.79. The van der Waals surface area contributed by atoms with Crippen LogP contribution >= 0.6 is 0 Å². The lowest BCUT2D eigenvalue weighted by atomic mass is 10.1. The first kappa shape index (κ1) is 10.4. The molecule has 3 nitrogen and oxygen atoms in total. The molecule has 0 amide bonds. The van der Waals surface area contributed by atoms with Crippen LogP contribution in [-0.4, -0.2) is 30.5 Å². The van der Waals surface area contributed by atoms with E-state index in [-0.39, 0.29) is 0 Å². The van der Waals surface area contributed by atoms with Gasteiger partial charge in [-0.25, -0.2) is 0 Å². The number of nitrogens with two attached hydrogens (primary N) is 1. The Bertz CT molecular complexity index is 177. The molecule has 2 N–H and O–H groups in total. The highest BCUT2D eigenvalue weighted by Gasteiger charge is 2.20. The second-order valence-corrected chi connectivity index (χ2v) is 3.69. The zero-order chi connectivity index (χ0) is 9.68. The second-order valence-electron chi connectivity index (χ2n) is 3.69. The lowest BCUT2D eigenvalue weighted by Gasteiger charge is -2.29. The number of hydrogen-bond donors (Lipinski definition) is 1. The van der Waals surface area contributed by atoms with E-state index in [9.17, 15) is 0 Å². The Morgan fingerprint density at radius 3 is 2.85 bits per heavy atom. The normalized spacial score (nSPS) is 25.8. The lowest BCUT2D eigenvalue weighted by Crippen LogP contribution is -2.44. The molecule has 0 spiro atoms. The monoisotopic (exact) mass is 183 g/mol. The van der Waals surface area contributed by atoms with Crippen molar-refractivity contribution in [3.05, 3.63) is 0 Å². The molecule has 1 atom stereocenters. The van der Waals surface area contributed by atoms with Gasteiger partial charge in [0.15, 0.2) is 5.96 Å². The average Bonchev–Trinajstić information content (AvgIpc) is 2.41. The number of nitrogens with zero attached hydrogens (tertiary/aromatic N) is 2. The van der Waals surface area contributed by atoms with Crippen LogP contribution in [0.5, 0.6) is 0 Å². The minimum Gasteiger partial charge on any atom is -0.370 e. The highest BCUT2D eigenvalue weighted by molar-refractivity contribution is 5.78. The molecule has 1 aliphatic heterocycles. The molecule has 1 fully saturated rings. The number of aliphatic imine (C=N–C) groups is 1. The Hall–Kier alpha value is -0.730. The van der Waals surface area contributed by atoms with Gasteiger partial charge in [0.05, 0.1) is 0 Å². The van der Waals surface area contributed by atoms with Crippen molar-refractivity contribution in [1.29, 1.82) is 0 Å². The molecule has 1 rings (SSSR count). The molecule has 0 aromatic carbocycles. The molecule has 0 bridgehead atoms. The van der Waals surface area contributed by atoms with E-state index in [1.54, 1.807) is 7.05 Å². The summed E-state index contributed by atoms with van der Waals surface area (Å²) in [5, 5.41) is 0. The minimum atomic E-state index is 0.617. The summed E-state index contributed by atoms with van der Waals surface area (Å²) in [6.45, 7) is 3.31. The van der Waals surface area contributed by atoms with Gasteiger partial charge in [0.25, 0.3) is 0 Å². The molecule has 1 unspecified atom stereocenters. The van der Waals surface area contributed by atoms with E-state index >= 15 is 0 Å². The van der Waals surface area contributed by atoms with Crippen molar-refractivity contribution in [2.24, 2.45) is 10.7 Å². The maximum atomic E-state index is 5.86. The van der Waals surface area contributed by atoms with Crippen LogP contribution in [0.3, 0.4) is 0 Å². The van der Waals surface area contributed by atoms with E-state index < -0.39 is 0 Å². The van der Waals surface area contributed by atoms with Gasteiger partial charge in [-0.15, -0.1) is 0 Å².